The predicted molar refractivity (Wildman–Crippen MR) is 86.3 cm³/mol. The van der Waals surface area contributed by atoms with Gasteiger partial charge in [0.2, 0.25) is 0 Å². The van der Waals surface area contributed by atoms with Gasteiger partial charge in [-0.05, 0) is 24.8 Å². The van der Waals surface area contributed by atoms with Crippen LogP contribution in [0.3, 0.4) is 0 Å². The highest BCUT2D eigenvalue weighted by atomic mass is 16.6. The first-order valence-corrected chi connectivity index (χ1v) is 6.95. The lowest BCUT2D eigenvalue weighted by Gasteiger charge is -2.07. The molecule has 0 spiro atoms. The zero-order valence-electron chi connectivity index (χ0n) is 12.5. The SMILES string of the molecule is Cc1nc2ccccc2c(=O)n1/N=C\c1ccc([O-])c([N+](=O)[O-])c1. The van der Waals surface area contributed by atoms with Crippen LogP contribution in [0.1, 0.15) is 11.4 Å². The molecule has 120 valence electrons. The van der Waals surface area contributed by atoms with Gasteiger partial charge in [-0.25, -0.2) is 4.98 Å². The smallest absolute Gasteiger partial charge is 0.282 e. The Morgan fingerprint density at radius 3 is 2.75 bits per heavy atom. The molecule has 3 aromatic rings. The van der Waals surface area contributed by atoms with Crippen molar-refractivity contribution in [3.8, 4) is 5.75 Å². The van der Waals surface area contributed by atoms with Crippen molar-refractivity contribution in [2.24, 2.45) is 5.10 Å². The summed E-state index contributed by atoms with van der Waals surface area (Å²) in [7, 11) is 0. The molecule has 8 nitrogen and oxygen atoms in total. The highest BCUT2D eigenvalue weighted by Gasteiger charge is 2.08. The van der Waals surface area contributed by atoms with E-state index in [0.717, 1.165) is 16.8 Å². The Bertz CT molecular complexity index is 1040. The standard InChI is InChI=1S/C16H12N4O4/c1-10-18-13-5-3-2-4-12(13)16(22)19(10)17-9-11-6-7-15(21)14(8-11)20(23)24/h2-9,21H,1H3/p-1/b17-9-. The van der Waals surface area contributed by atoms with E-state index in [-0.39, 0.29) is 5.56 Å². The summed E-state index contributed by atoms with van der Waals surface area (Å²) in [5.74, 6) is -0.303. The van der Waals surface area contributed by atoms with Gasteiger partial charge in [0.1, 0.15) is 5.82 Å². The number of nitro groups is 1. The predicted octanol–water partition coefficient (Wildman–Crippen LogP) is 1.57. The molecular formula is C16H11N4O4-. The zero-order valence-corrected chi connectivity index (χ0v) is 12.5. The fourth-order valence-corrected chi connectivity index (χ4v) is 2.25. The quantitative estimate of drug-likeness (QED) is 0.412. The highest BCUT2D eigenvalue weighted by molar-refractivity contribution is 5.82. The van der Waals surface area contributed by atoms with Crippen molar-refractivity contribution in [2.75, 3.05) is 0 Å². The Morgan fingerprint density at radius 1 is 1.25 bits per heavy atom. The van der Waals surface area contributed by atoms with Crippen LogP contribution in [0.4, 0.5) is 5.69 Å². The molecule has 0 aliphatic rings. The van der Waals surface area contributed by atoms with Crippen LogP contribution in [0.2, 0.25) is 0 Å². The summed E-state index contributed by atoms with van der Waals surface area (Å²) in [5, 5.41) is 26.7. The van der Waals surface area contributed by atoms with E-state index < -0.39 is 16.4 Å². The van der Waals surface area contributed by atoms with Crippen LogP contribution in [-0.4, -0.2) is 20.8 Å². The van der Waals surface area contributed by atoms with E-state index in [1.54, 1.807) is 31.2 Å². The summed E-state index contributed by atoms with van der Waals surface area (Å²) in [6.45, 7) is 1.63. The van der Waals surface area contributed by atoms with E-state index in [4.69, 9.17) is 0 Å². The fourth-order valence-electron chi connectivity index (χ4n) is 2.25. The molecule has 0 unspecified atom stereocenters. The molecule has 0 amide bonds. The second-order valence-electron chi connectivity index (χ2n) is 5.02. The Labute approximate surface area is 135 Å². The van der Waals surface area contributed by atoms with E-state index >= 15 is 0 Å². The van der Waals surface area contributed by atoms with Crippen molar-refractivity contribution in [3.05, 3.63) is 74.3 Å². The normalized spacial score (nSPS) is 11.2. The molecule has 0 atom stereocenters. The Morgan fingerprint density at radius 2 is 2.00 bits per heavy atom. The largest absolute Gasteiger partial charge is 0.868 e. The third-order valence-electron chi connectivity index (χ3n) is 3.42. The molecular weight excluding hydrogens is 312 g/mol. The number of rotatable bonds is 3. The number of hydrogen-bond donors (Lipinski definition) is 0. The van der Waals surface area contributed by atoms with Crippen molar-refractivity contribution in [1.82, 2.24) is 9.66 Å². The van der Waals surface area contributed by atoms with Gasteiger partial charge in [0, 0.05) is 11.6 Å². The Hall–Kier alpha value is -3.55. The molecule has 3 rings (SSSR count). The van der Waals surface area contributed by atoms with Crippen LogP contribution in [-0.2, 0) is 0 Å². The summed E-state index contributed by atoms with van der Waals surface area (Å²) in [6.07, 6.45) is 1.28. The zero-order chi connectivity index (χ0) is 17.3. The minimum atomic E-state index is -0.755. The van der Waals surface area contributed by atoms with Gasteiger partial charge < -0.3 is 5.11 Å². The van der Waals surface area contributed by atoms with E-state index in [1.807, 2.05) is 0 Å². The number of aromatic nitrogens is 2. The van der Waals surface area contributed by atoms with Crippen molar-refractivity contribution >= 4 is 22.8 Å². The minimum Gasteiger partial charge on any atom is -0.868 e. The molecule has 1 aromatic heterocycles. The van der Waals surface area contributed by atoms with Crippen LogP contribution in [0, 0.1) is 17.0 Å². The molecule has 8 heteroatoms. The molecule has 24 heavy (non-hydrogen) atoms. The van der Waals surface area contributed by atoms with Gasteiger partial charge in [0.05, 0.1) is 22.0 Å². The van der Waals surface area contributed by atoms with E-state index in [9.17, 15) is 20.0 Å². The van der Waals surface area contributed by atoms with Gasteiger partial charge in [0.25, 0.3) is 11.2 Å². The van der Waals surface area contributed by atoms with Crippen LogP contribution in [0.25, 0.3) is 10.9 Å². The van der Waals surface area contributed by atoms with Crippen LogP contribution >= 0.6 is 0 Å². The summed E-state index contributed by atoms with van der Waals surface area (Å²) in [6, 6.07) is 10.5. The lowest BCUT2D eigenvalue weighted by molar-refractivity contribution is -0.398. The number of fused-ring (bicyclic) bond motifs is 1. The van der Waals surface area contributed by atoms with Crippen LogP contribution < -0.4 is 10.7 Å². The maximum atomic E-state index is 12.5. The molecule has 0 N–H and O–H groups in total. The molecule has 1 heterocycles. The highest BCUT2D eigenvalue weighted by Crippen LogP contribution is 2.22. The minimum absolute atomic E-state index is 0.334. The van der Waals surface area contributed by atoms with Gasteiger partial charge in [0.15, 0.2) is 0 Å². The van der Waals surface area contributed by atoms with Crippen LogP contribution in [0.15, 0.2) is 52.4 Å². The molecule has 2 aromatic carbocycles. The Kier molecular flexibility index (Phi) is 3.78. The first-order chi connectivity index (χ1) is 11.5. The monoisotopic (exact) mass is 323 g/mol. The maximum absolute atomic E-state index is 12.5. The number of nitro benzene ring substituents is 1. The molecule has 0 fully saturated rings. The van der Waals surface area contributed by atoms with Crippen molar-refractivity contribution < 1.29 is 10.0 Å². The maximum Gasteiger partial charge on any atom is 0.282 e. The van der Waals surface area contributed by atoms with Crippen molar-refractivity contribution in [3.63, 3.8) is 0 Å². The van der Waals surface area contributed by atoms with E-state index in [2.05, 4.69) is 10.1 Å². The average molecular weight is 323 g/mol. The summed E-state index contributed by atoms with van der Waals surface area (Å²) in [5.41, 5.74) is 0.0162. The first kappa shape index (κ1) is 15.3. The average Bonchev–Trinajstić information content (AvgIpc) is 2.55. The van der Waals surface area contributed by atoms with Crippen LogP contribution in [0.5, 0.6) is 5.75 Å². The summed E-state index contributed by atoms with van der Waals surface area (Å²) >= 11 is 0. The summed E-state index contributed by atoms with van der Waals surface area (Å²) in [4.78, 5) is 26.8. The third kappa shape index (κ3) is 2.72. The topological polar surface area (TPSA) is 113 Å². The molecule has 0 saturated carbocycles. The van der Waals surface area contributed by atoms with E-state index in [1.165, 1.54) is 12.3 Å². The van der Waals surface area contributed by atoms with Gasteiger partial charge >= 0.3 is 0 Å². The second-order valence-corrected chi connectivity index (χ2v) is 5.02. The second kappa shape index (κ2) is 5.92. The third-order valence-corrected chi connectivity index (χ3v) is 3.42. The van der Waals surface area contributed by atoms with Gasteiger partial charge in [-0.3, -0.25) is 14.9 Å². The number of benzene rings is 2. The lowest BCUT2D eigenvalue weighted by atomic mass is 10.2. The number of para-hydroxylation sites is 1. The van der Waals surface area contributed by atoms with Gasteiger partial charge in [-0.1, -0.05) is 24.3 Å². The van der Waals surface area contributed by atoms with Crippen molar-refractivity contribution in [2.45, 2.75) is 6.92 Å². The Balaban J connectivity index is 2.07. The van der Waals surface area contributed by atoms with E-state index in [0.29, 0.717) is 22.3 Å². The molecule has 0 aliphatic carbocycles. The molecule has 0 saturated heterocycles. The first-order valence-electron chi connectivity index (χ1n) is 6.95. The number of hydrogen-bond acceptors (Lipinski definition) is 6. The molecule has 0 aliphatic heterocycles. The molecule has 0 radical (unpaired) electrons. The summed E-state index contributed by atoms with van der Waals surface area (Å²) < 4.78 is 1.11. The number of nitrogens with zero attached hydrogens (tertiary/aromatic N) is 4. The number of aryl methyl sites for hydroxylation is 1. The van der Waals surface area contributed by atoms with Gasteiger partial charge in [-0.15, -0.1) is 0 Å². The lowest BCUT2D eigenvalue weighted by Crippen LogP contribution is -2.20. The molecule has 0 bridgehead atoms. The fraction of sp³-hybridized carbons (Fsp3) is 0.0625. The van der Waals surface area contributed by atoms with Crippen molar-refractivity contribution in [1.29, 1.82) is 0 Å². The van der Waals surface area contributed by atoms with Gasteiger partial charge in [-0.2, -0.15) is 9.78 Å².